The highest BCUT2D eigenvalue weighted by atomic mass is 15.0. The molecule has 2 fully saturated rings. The third kappa shape index (κ3) is 1.76. The lowest BCUT2D eigenvalue weighted by atomic mass is 9.68. The summed E-state index contributed by atoms with van der Waals surface area (Å²) in [5.41, 5.74) is 0.546. The minimum Gasteiger partial charge on any atom is -0.311 e. The molecule has 76 valence electrons. The maximum Gasteiger partial charge on any atom is 0.0207 e. The molecule has 0 aromatic rings. The Hall–Kier alpha value is -0.0400. The van der Waals surface area contributed by atoms with E-state index in [2.05, 4.69) is 19.2 Å². The highest BCUT2D eigenvalue weighted by Crippen LogP contribution is 2.40. The van der Waals surface area contributed by atoms with Crippen LogP contribution in [0.5, 0.6) is 0 Å². The van der Waals surface area contributed by atoms with E-state index in [1.807, 2.05) is 0 Å². The fourth-order valence-corrected chi connectivity index (χ4v) is 3.14. The summed E-state index contributed by atoms with van der Waals surface area (Å²) in [6.45, 7) is 6.11. The average molecular weight is 181 g/mol. The molecular formula is C12H23N. The van der Waals surface area contributed by atoms with Gasteiger partial charge in [0, 0.05) is 5.54 Å². The SMILES string of the molecule is CC1CCC2(CC1)NCCC[C@@H]2C. The van der Waals surface area contributed by atoms with E-state index in [0.29, 0.717) is 5.54 Å². The Morgan fingerprint density at radius 3 is 2.38 bits per heavy atom. The number of nitrogens with one attached hydrogen (secondary N) is 1. The molecule has 0 amide bonds. The Bertz CT molecular complexity index is 168. The van der Waals surface area contributed by atoms with Crippen LogP contribution in [0, 0.1) is 11.8 Å². The zero-order chi connectivity index (χ0) is 9.31. The second kappa shape index (κ2) is 3.61. The van der Waals surface area contributed by atoms with E-state index < -0.39 is 0 Å². The summed E-state index contributed by atoms with van der Waals surface area (Å²) in [7, 11) is 0. The van der Waals surface area contributed by atoms with Crippen LogP contribution in [0.2, 0.25) is 0 Å². The molecule has 2 aliphatic rings. The Morgan fingerprint density at radius 2 is 1.77 bits per heavy atom. The Balaban J connectivity index is 2.01. The third-order valence-electron chi connectivity index (χ3n) is 4.40. The molecule has 2 rings (SSSR count). The van der Waals surface area contributed by atoms with E-state index in [9.17, 15) is 0 Å². The molecule has 1 heterocycles. The van der Waals surface area contributed by atoms with Gasteiger partial charge in [0.05, 0.1) is 0 Å². The van der Waals surface area contributed by atoms with E-state index in [-0.39, 0.29) is 0 Å². The fourth-order valence-electron chi connectivity index (χ4n) is 3.14. The van der Waals surface area contributed by atoms with E-state index in [1.54, 1.807) is 0 Å². The zero-order valence-electron chi connectivity index (χ0n) is 9.10. The van der Waals surface area contributed by atoms with E-state index in [1.165, 1.54) is 45.1 Å². The quantitative estimate of drug-likeness (QED) is 0.606. The summed E-state index contributed by atoms with van der Waals surface area (Å²) in [5.74, 6) is 1.88. The van der Waals surface area contributed by atoms with Crippen LogP contribution < -0.4 is 5.32 Å². The molecule has 1 atom stereocenters. The van der Waals surface area contributed by atoms with E-state index in [4.69, 9.17) is 0 Å². The lowest BCUT2D eigenvalue weighted by molar-refractivity contribution is 0.101. The second-order valence-electron chi connectivity index (χ2n) is 5.31. The molecular weight excluding hydrogens is 158 g/mol. The van der Waals surface area contributed by atoms with Crippen molar-refractivity contribution < 1.29 is 0 Å². The van der Waals surface area contributed by atoms with Crippen molar-refractivity contribution in [3.63, 3.8) is 0 Å². The van der Waals surface area contributed by atoms with Gasteiger partial charge in [0.1, 0.15) is 0 Å². The predicted octanol–water partition coefficient (Wildman–Crippen LogP) is 2.95. The normalized spacial score (nSPS) is 46.6. The first kappa shape index (κ1) is 9.51. The van der Waals surface area contributed by atoms with Gasteiger partial charge in [0.2, 0.25) is 0 Å². The minimum absolute atomic E-state index is 0.546. The van der Waals surface area contributed by atoms with E-state index in [0.717, 1.165) is 11.8 Å². The molecule has 1 aliphatic heterocycles. The average Bonchev–Trinajstić information content (AvgIpc) is 2.15. The first-order valence-corrected chi connectivity index (χ1v) is 5.98. The van der Waals surface area contributed by atoms with Gasteiger partial charge in [-0.1, -0.05) is 13.8 Å². The molecule has 0 bridgehead atoms. The molecule has 1 saturated carbocycles. The van der Waals surface area contributed by atoms with Crippen LogP contribution in [0.15, 0.2) is 0 Å². The van der Waals surface area contributed by atoms with Crippen LogP contribution >= 0.6 is 0 Å². The van der Waals surface area contributed by atoms with Crippen LogP contribution in [-0.2, 0) is 0 Å². The van der Waals surface area contributed by atoms with Crippen LogP contribution in [0.1, 0.15) is 52.4 Å². The molecule has 1 aliphatic carbocycles. The van der Waals surface area contributed by atoms with Crippen LogP contribution in [0.4, 0.5) is 0 Å². The van der Waals surface area contributed by atoms with Gasteiger partial charge in [-0.05, 0) is 56.9 Å². The summed E-state index contributed by atoms with van der Waals surface area (Å²) >= 11 is 0. The van der Waals surface area contributed by atoms with Crippen molar-refractivity contribution in [1.82, 2.24) is 5.32 Å². The minimum atomic E-state index is 0.546. The second-order valence-corrected chi connectivity index (χ2v) is 5.31. The molecule has 1 nitrogen and oxygen atoms in total. The van der Waals surface area contributed by atoms with Gasteiger partial charge in [-0.2, -0.15) is 0 Å². The molecule has 13 heavy (non-hydrogen) atoms. The van der Waals surface area contributed by atoms with Crippen molar-refractivity contribution >= 4 is 0 Å². The summed E-state index contributed by atoms with van der Waals surface area (Å²) in [5, 5.41) is 3.80. The fraction of sp³-hybridized carbons (Fsp3) is 1.00. The Kier molecular flexibility index (Phi) is 2.64. The lowest BCUT2D eigenvalue weighted by Crippen LogP contribution is -2.55. The lowest BCUT2D eigenvalue weighted by Gasteiger charge is -2.47. The highest BCUT2D eigenvalue weighted by molar-refractivity contribution is 4.98. The predicted molar refractivity (Wildman–Crippen MR) is 56.8 cm³/mol. The topological polar surface area (TPSA) is 12.0 Å². The van der Waals surface area contributed by atoms with Gasteiger partial charge in [0.25, 0.3) is 0 Å². The number of rotatable bonds is 0. The van der Waals surface area contributed by atoms with Gasteiger partial charge < -0.3 is 5.32 Å². The smallest absolute Gasteiger partial charge is 0.0207 e. The van der Waals surface area contributed by atoms with Crippen LogP contribution in [0.25, 0.3) is 0 Å². The van der Waals surface area contributed by atoms with Crippen molar-refractivity contribution in [2.24, 2.45) is 11.8 Å². The van der Waals surface area contributed by atoms with Gasteiger partial charge in [-0.3, -0.25) is 0 Å². The molecule has 0 aromatic heterocycles. The van der Waals surface area contributed by atoms with Crippen molar-refractivity contribution in [2.75, 3.05) is 6.54 Å². The van der Waals surface area contributed by atoms with E-state index >= 15 is 0 Å². The summed E-state index contributed by atoms with van der Waals surface area (Å²) in [4.78, 5) is 0. The molecule has 1 heteroatoms. The Labute approximate surface area is 82.3 Å². The monoisotopic (exact) mass is 181 g/mol. The zero-order valence-corrected chi connectivity index (χ0v) is 9.10. The molecule has 0 aromatic carbocycles. The van der Waals surface area contributed by atoms with Crippen molar-refractivity contribution in [3.8, 4) is 0 Å². The van der Waals surface area contributed by atoms with Crippen molar-refractivity contribution in [2.45, 2.75) is 57.9 Å². The van der Waals surface area contributed by atoms with Crippen molar-refractivity contribution in [3.05, 3.63) is 0 Å². The maximum atomic E-state index is 3.80. The first-order chi connectivity index (χ1) is 6.23. The number of piperidine rings is 1. The summed E-state index contributed by atoms with van der Waals surface area (Å²) < 4.78 is 0. The van der Waals surface area contributed by atoms with Crippen LogP contribution in [-0.4, -0.2) is 12.1 Å². The van der Waals surface area contributed by atoms with Crippen LogP contribution in [0.3, 0.4) is 0 Å². The maximum absolute atomic E-state index is 3.80. The molecule has 1 N–H and O–H groups in total. The Morgan fingerprint density at radius 1 is 1.08 bits per heavy atom. The largest absolute Gasteiger partial charge is 0.311 e. The molecule has 0 radical (unpaired) electrons. The summed E-state index contributed by atoms with van der Waals surface area (Å²) in [6, 6.07) is 0. The highest BCUT2D eigenvalue weighted by Gasteiger charge is 2.39. The van der Waals surface area contributed by atoms with Gasteiger partial charge in [-0.25, -0.2) is 0 Å². The van der Waals surface area contributed by atoms with Gasteiger partial charge >= 0.3 is 0 Å². The number of hydrogen-bond acceptors (Lipinski definition) is 1. The molecule has 1 saturated heterocycles. The third-order valence-corrected chi connectivity index (χ3v) is 4.40. The first-order valence-electron chi connectivity index (χ1n) is 5.98. The standard InChI is InChI=1S/C12H23N/c1-10-5-7-12(8-6-10)11(2)4-3-9-13-12/h10-11,13H,3-9H2,1-2H3/t10?,11-,12?/m0/s1. The summed E-state index contributed by atoms with van der Waals surface area (Å²) in [6.07, 6.45) is 8.57. The number of hydrogen-bond donors (Lipinski definition) is 1. The molecule has 0 unspecified atom stereocenters. The van der Waals surface area contributed by atoms with Gasteiger partial charge in [0.15, 0.2) is 0 Å². The van der Waals surface area contributed by atoms with Gasteiger partial charge in [-0.15, -0.1) is 0 Å². The van der Waals surface area contributed by atoms with Crippen molar-refractivity contribution in [1.29, 1.82) is 0 Å². The molecule has 1 spiro atoms.